The van der Waals surface area contributed by atoms with Crippen molar-refractivity contribution in [1.29, 1.82) is 0 Å². The summed E-state index contributed by atoms with van der Waals surface area (Å²) in [5.41, 5.74) is 0. The van der Waals surface area contributed by atoms with Gasteiger partial charge in [-0.2, -0.15) is 4.31 Å². The number of halogens is 2. The number of rotatable bonds is 3. The topological polar surface area (TPSA) is 49.4 Å². The molecular formula is C12H16ClFN2O2S. The zero-order valence-electron chi connectivity index (χ0n) is 10.6. The van der Waals surface area contributed by atoms with Crippen molar-refractivity contribution in [1.82, 2.24) is 9.62 Å². The average molecular weight is 307 g/mol. The number of sulfonamides is 1. The fourth-order valence-electron chi connectivity index (χ4n) is 2.20. The Kier molecular flexibility index (Phi) is 4.45. The van der Waals surface area contributed by atoms with Gasteiger partial charge < -0.3 is 5.32 Å². The van der Waals surface area contributed by atoms with E-state index >= 15 is 0 Å². The zero-order valence-corrected chi connectivity index (χ0v) is 12.1. The molecule has 0 radical (unpaired) electrons. The Balaban J connectivity index is 2.26. The molecule has 0 unspecified atom stereocenters. The molecule has 2 rings (SSSR count). The molecule has 1 aliphatic rings. The molecule has 1 fully saturated rings. The van der Waals surface area contributed by atoms with Crippen molar-refractivity contribution in [2.45, 2.75) is 23.8 Å². The molecule has 0 atom stereocenters. The van der Waals surface area contributed by atoms with Crippen LogP contribution in [0.1, 0.15) is 12.8 Å². The monoisotopic (exact) mass is 306 g/mol. The maximum atomic E-state index is 13.7. The highest BCUT2D eigenvalue weighted by Crippen LogP contribution is 2.25. The summed E-state index contributed by atoms with van der Waals surface area (Å²) in [5, 5.41) is 3.33. The first-order valence-electron chi connectivity index (χ1n) is 6.07. The van der Waals surface area contributed by atoms with Crippen molar-refractivity contribution in [3.8, 4) is 0 Å². The van der Waals surface area contributed by atoms with Crippen LogP contribution >= 0.6 is 11.6 Å². The Hall–Kier alpha value is -0.690. The van der Waals surface area contributed by atoms with Gasteiger partial charge in [0, 0.05) is 24.2 Å². The van der Waals surface area contributed by atoms with Crippen molar-refractivity contribution in [3.63, 3.8) is 0 Å². The first-order valence-corrected chi connectivity index (χ1v) is 7.89. The Morgan fingerprint density at radius 1 is 1.37 bits per heavy atom. The SMILES string of the molecule is CNC1CCN(S(=O)(=O)c2cc(Cl)ccc2F)CC1. The molecule has 1 aromatic rings. The zero-order chi connectivity index (χ0) is 14.0. The van der Waals surface area contributed by atoms with Gasteiger partial charge in [0.25, 0.3) is 0 Å². The van der Waals surface area contributed by atoms with Gasteiger partial charge in [-0.1, -0.05) is 11.6 Å². The molecule has 0 aromatic heterocycles. The first-order chi connectivity index (χ1) is 8.95. The van der Waals surface area contributed by atoms with Gasteiger partial charge in [-0.3, -0.25) is 0 Å². The van der Waals surface area contributed by atoms with Gasteiger partial charge in [-0.25, -0.2) is 12.8 Å². The number of hydrogen-bond acceptors (Lipinski definition) is 3. The van der Waals surface area contributed by atoms with Gasteiger partial charge in [0.05, 0.1) is 0 Å². The van der Waals surface area contributed by atoms with Crippen LogP contribution in [0.4, 0.5) is 4.39 Å². The van der Waals surface area contributed by atoms with E-state index in [4.69, 9.17) is 11.6 Å². The van der Waals surface area contributed by atoms with E-state index < -0.39 is 15.8 Å². The molecule has 1 N–H and O–H groups in total. The van der Waals surface area contributed by atoms with Crippen LogP contribution in [-0.2, 0) is 10.0 Å². The van der Waals surface area contributed by atoms with E-state index in [9.17, 15) is 12.8 Å². The molecular weight excluding hydrogens is 291 g/mol. The highest BCUT2D eigenvalue weighted by Gasteiger charge is 2.31. The molecule has 0 spiro atoms. The number of benzene rings is 1. The predicted molar refractivity (Wildman–Crippen MR) is 72.3 cm³/mol. The maximum absolute atomic E-state index is 13.7. The highest BCUT2D eigenvalue weighted by molar-refractivity contribution is 7.89. The molecule has 1 saturated heterocycles. The summed E-state index contributed by atoms with van der Waals surface area (Å²) in [7, 11) is -1.95. The minimum absolute atomic E-state index is 0.213. The summed E-state index contributed by atoms with van der Waals surface area (Å²) in [6, 6.07) is 3.89. The number of piperidine rings is 1. The van der Waals surface area contributed by atoms with E-state index in [-0.39, 0.29) is 9.92 Å². The standard InChI is InChI=1S/C12H16ClFN2O2S/c1-15-10-4-6-16(7-5-10)19(17,18)12-8-9(13)2-3-11(12)14/h2-3,8,10,15H,4-7H2,1H3. The van der Waals surface area contributed by atoms with Gasteiger partial charge in [-0.05, 0) is 38.1 Å². The summed E-state index contributed by atoms with van der Waals surface area (Å²) < 4.78 is 39.7. The van der Waals surface area contributed by atoms with Crippen LogP contribution in [0.5, 0.6) is 0 Å². The second kappa shape index (κ2) is 5.75. The van der Waals surface area contributed by atoms with Gasteiger partial charge in [0.2, 0.25) is 10.0 Å². The molecule has 0 bridgehead atoms. The third-order valence-corrected chi connectivity index (χ3v) is 5.52. The molecule has 7 heteroatoms. The molecule has 1 aliphatic heterocycles. The third-order valence-electron chi connectivity index (χ3n) is 3.37. The molecule has 0 amide bonds. The van der Waals surface area contributed by atoms with Crippen molar-refractivity contribution in [3.05, 3.63) is 29.0 Å². The minimum atomic E-state index is -3.80. The largest absolute Gasteiger partial charge is 0.317 e. The normalized spacial score (nSPS) is 18.7. The number of hydrogen-bond donors (Lipinski definition) is 1. The van der Waals surface area contributed by atoms with Crippen molar-refractivity contribution in [2.24, 2.45) is 0 Å². The van der Waals surface area contributed by atoms with Crippen LogP contribution in [0.2, 0.25) is 5.02 Å². The van der Waals surface area contributed by atoms with Crippen LogP contribution < -0.4 is 5.32 Å². The van der Waals surface area contributed by atoms with E-state index in [0.717, 1.165) is 25.0 Å². The minimum Gasteiger partial charge on any atom is -0.317 e. The first kappa shape index (κ1) is 14.7. The Bertz CT molecular complexity index is 557. The van der Waals surface area contributed by atoms with Gasteiger partial charge in [0.1, 0.15) is 10.7 Å². The van der Waals surface area contributed by atoms with Crippen LogP contribution in [0, 0.1) is 5.82 Å². The summed E-state index contributed by atoms with van der Waals surface area (Å²) in [6.45, 7) is 0.777. The number of nitrogens with one attached hydrogen (secondary N) is 1. The Morgan fingerprint density at radius 3 is 2.58 bits per heavy atom. The average Bonchev–Trinajstić information content (AvgIpc) is 2.41. The van der Waals surface area contributed by atoms with Crippen LogP contribution in [0.15, 0.2) is 23.1 Å². The fourth-order valence-corrected chi connectivity index (χ4v) is 4.00. The summed E-state index contributed by atoms with van der Waals surface area (Å²) >= 11 is 5.75. The lowest BCUT2D eigenvalue weighted by Crippen LogP contribution is -2.44. The van der Waals surface area contributed by atoms with Gasteiger partial charge in [0.15, 0.2) is 0 Å². The summed E-state index contributed by atoms with van der Waals surface area (Å²) in [6.07, 6.45) is 1.44. The predicted octanol–water partition coefficient (Wildman–Crippen LogP) is 1.85. The molecule has 1 heterocycles. The third kappa shape index (κ3) is 3.08. The van der Waals surface area contributed by atoms with E-state index in [1.165, 1.54) is 10.4 Å². The van der Waals surface area contributed by atoms with E-state index in [1.807, 2.05) is 7.05 Å². The Labute approximate surface area is 117 Å². The summed E-state index contributed by atoms with van der Waals surface area (Å²) in [5.74, 6) is -0.764. The molecule has 19 heavy (non-hydrogen) atoms. The highest BCUT2D eigenvalue weighted by atomic mass is 35.5. The smallest absolute Gasteiger partial charge is 0.246 e. The van der Waals surface area contributed by atoms with E-state index in [2.05, 4.69) is 5.32 Å². The van der Waals surface area contributed by atoms with Crippen LogP contribution in [0.25, 0.3) is 0 Å². The second-order valence-electron chi connectivity index (χ2n) is 4.54. The van der Waals surface area contributed by atoms with Crippen molar-refractivity contribution in [2.75, 3.05) is 20.1 Å². The second-order valence-corrected chi connectivity index (χ2v) is 6.88. The molecule has 0 saturated carbocycles. The molecule has 0 aliphatic carbocycles. The quantitative estimate of drug-likeness (QED) is 0.927. The summed E-state index contributed by atoms with van der Waals surface area (Å²) in [4.78, 5) is -0.345. The lowest BCUT2D eigenvalue weighted by Gasteiger charge is -2.31. The lowest BCUT2D eigenvalue weighted by molar-refractivity contribution is 0.297. The molecule has 1 aromatic carbocycles. The molecule has 106 valence electrons. The maximum Gasteiger partial charge on any atom is 0.246 e. The van der Waals surface area contributed by atoms with Gasteiger partial charge >= 0.3 is 0 Å². The molecule has 4 nitrogen and oxygen atoms in total. The van der Waals surface area contributed by atoms with Crippen LogP contribution in [0.3, 0.4) is 0 Å². The number of nitrogens with zero attached hydrogens (tertiary/aromatic N) is 1. The lowest BCUT2D eigenvalue weighted by atomic mass is 10.1. The fraction of sp³-hybridized carbons (Fsp3) is 0.500. The van der Waals surface area contributed by atoms with Gasteiger partial charge in [-0.15, -0.1) is 0 Å². The van der Waals surface area contributed by atoms with Crippen molar-refractivity contribution < 1.29 is 12.8 Å². The van der Waals surface area contributed by atoms with E-state index in [1.54, 1.807) is 0 Å². The van der Waals surface area contributed by atoms with Crippen molar-refractivity contribution >= 4 is 21.6 Å². The Morgan fingerprint density at radius 2 is 2.00 bits per heavy atom. The van der Waals surface area contributed by atoms with E-state index in [0.29, 0.717) is 19.1 Å². The van der Waals surface area contributed by atoms with Crippen LogP contribution in [-0.4, -0.2) is 38.9 Å².